The molecule has 1 aliphatic heterocycles. The van der Waals surface area contributed by atoms with Crippen molar-refractivity contribution in [3.63, 3.8) is 0 Å². The minimum absolute atomic E-state index is 0.0217. The van der Waals surface area contributed by atoms with Crippen molar-refractivity contribution in [2.75, 3.05) is 40.8 Å². The fourth-order valence-electron chi connectivity index (χ4n) is 5.49. The number of carbonyl (C=O) groups excluding carboxylic acids is 2. The first-order valence-electron chi connectivity index (χ1n) is 14.4. The summed E-state index contributed by atoms with van der Waals surface area (Å²) in [4.78, 5) is 33.2. The van der Waals surface area contributed by atoms with Crippen molar-refractivity contribution in [3.05, 3.63) is 95.6 Å². The Bertz CT molecular complexity index is 1310. The molecule has 3 aromatic rings. The largest absolute Gasteiger partial charge is 0.394 e. The highest BCUT2D eigenvalue weighted by Crippen LogP contribution is 2.31. The van der Waals surface area contributed by atoms with Gasteiger partial charge in [0.25, 0.3) is 5.91 Å². The average Bonchev–Trinajstić information content (AvgIpc) is 3.01. The van der Waals surface area contributed by atoms with E-state index in [0.29, 0.717) is 31.7 Å². The summed E-state index contributed by atoms with van der Waals surface area (Å²) in [5.41, 5.74) is 4.49. The lowest BCUT2D eigenvalue weighted by atomic mass is 9.94. The third-order valence-corrected chi connectivity index (χ3v) is 8.10. The third kappa shape index (κ3) is 7.22. The molecule has 0 spiro atoms. The molecule has 0 bridgehead atoms. The molecule has 3 aromatic carbocycles. The van der Waals surface area contributed by atoms with Crippen LogP contribution in [0, 0.1) is 5.92 Å². The van der Waals surface area contributed by atoms with Gasteiger partial charge in [-0.2, -0.15) is 0 Å². The number of amides is 2. The van der Waals surface area contributed by atoms with Crippen LogP contribution < -0.4 is 0 Å². The number of aliphatic hydroxyl groups is 1. The predicted molar refractivity (Wildman–Crippen MR) is 162 cm³/mol. The van der Waals surface area contributed by atoms with E-state index < -0.39 is 0 Å². The molecule has 0 radical (unpaired) electrons. The summed E-state index contributed by atoms with van der Waals surface area (Å²) in [5, 5.41) is 10.1. The summed E-state index contributed by atoms with van der Waals surface area (Å²) in [5.74, 6) is -0.203. The predicted octanol–water partition coefficient (Wildman–Crippen LogP) is 4.34. The van der Waals surface area contributed by atoms with Gasteiger partial charge in [-0.25, -0.2) is 0 Å². The Balaban J connectivity index is 1.65. The summed E-state index contributed by atoms with van der Waals surface area (Å²) < 4.78 is 6.60. The minimum Gasteiger partial charge on any atom is -0.394 e. The van der Waals surface area contributed by atoms with Gasteiger partial charge in [-0.3, -0.25) is 14.5 Å². The standard InChI is InChI=1S/C34H43N3O4/c1-24-20-37(25(2)22-38)33(39)30-18-12-11-17-29(30)28-16-10-9-15-27(28)23-41-32(24)21-36(5)34(40)31(35(3)4)19-26-13-7-6-8-14-26/h6-18,24-25,31-32,38H,19-23H2,1-5H3/t24-,25-,31-,32+/m1/s1. The van der Waals surface area contributed by atoms with Gasteiger partial charge >= 0.3 is 0 Å². The van der Waals surface area contributed by atoms with Crippen LogP contribution in [0.15, 0.2) is 78.9 Å². The highest BCUT2D eigenvalue weighted by molar-refractivity contribution is 6.01. The van der Waals surface area contributed by atoms with Gasteiger partial charge in [-0.05, 0) is 55.8 Å². The lowest BCUT2D eigenvalue weighted by Gasteiger charge is -2.36. The SMILES string of the molecule is C[C@@H]1CN([C@H](C)CO)C(=O)c2ccccc2-c2ccccc2CO[C@H]1CN(C)C(=O)[C@@H](Cc1ccccc1)N(C)C. The number of hydrogen-bond donors (Lipinski definition) is 1. The van der Waals surface area contributed by atoms with Gasteiger partial charge in [-0.15, -0.1) is 0 Å². The van der Waals surface area contributed by atoms with Crippen molar-refractivity contribution >= 4 is 11.8 Å². The van der Waals surface area contributed by atoms with Crippen LogP contribution in [0.1, 0.15) is 35.3 Å². The number of carbonyl (C=O) groups is 2. The number of benzene rings is 3. The number of likely N-dealkylation sites (N-methyl/N-ethyl adjacent to an activating group) is 2. The van der Waals surface area contributed by atoms with Crippen molar-refractivity contribution in [1.29, 1.82) is 0 Å². The molecule has 0 aliphatic carbocycles. The second-order valence-electron chi connectivity index (χ2n) is 11.4. The lowest BCUT2D eigenvalue weighted by molar-refractivity contribution is -0.137. The Morgan fingerprint density at radius 1 is 0.951 bits per heavy atom. The van der Waals surface area contributed by atoms with Gasteiger partial charge in [0.15, 0.2) is 0 Å². The molecule has 1 heterocycles. The van der Waals surface area contributed by atoms with E-state index in [2.05, 4.69) is 6.92 Å². The second kappa shape index (κ2) is 13.9. The van der Waals surface area contributed by atoms with Gasteiger partial charge in [-0.1, -0.05) is 79.7 Å². The zero-order valence-corrected chi connectivity index (χ0v) is 24.9. The molecular formula is C34H43N3O4. The van der Waals surface area contributed by atoms with E-state index in [1.165, 1.54) is 0 Å². The van der Waals surface area contributed by atoms with Crippen LogP contribution >= 0.6 is 0 Å². The number of nitrogens with zero attached hydrogens (tertiary/aromatic N) is 3. The van der Waals surface area contributed by atoms with Crippen LogP contribution in [0.4, 0.5) is 0 Å². The molecule has 0 saturated heterocycles. The summed E-state index contributed by atoms with van der Waals surface area (Å²) in [6.07, 6.45) is 0.277. The smallest absolute Gasteiger partial charge is 0.254 e. The third-order valence-electron chi connectivity index (χ3n) is 8.10. The molecule has 7 heteroatoms. The Morgan fingerprint density at radius 3 is 2.22 bits per heavy atom. The second-order valence-corrected chi connectivity index (χ2v) is 11.4. The molecule has 0 aromatic heterocycles. The van der Waals surface area contributed by atoms with Crippen molar-refractivity contribution in [3.8, 4) is 11.1 Å². The van der Waals surface area contributed by atoms with E-state index >= 15 is 0 Å². The fourth-order valence-corrected chi connectivity index (χ4v) is 5.49. The highest BCUT2D eigenvalue weighted by Gasteiger charge is 2.32. The summed E-state index contributed by atoms with van der Waals surface area (Å²) in [6, 6.07) is 25.0. The van der Waals surface area contributed by atoms with Crippen LogP contribution in [0.2, 0.25) is 0 Å². The van der Waals surface area contributed by atoms with Crippen molar-refractivity contribution < 1.29 is 19.4 Å². The molecule has 1 aliphatic rings. The monoisotopic (exact) mass is 557 g/mol. The van der Waals surface area contributed by atoms with Crippen LogP contribution in [0.25, 0.3) is 11.1 Å². The molecule has 0 saturated carbocycles. The number of hydrogen-bond acceptors (Lipinski definition) is 5. The number of fused-ring (bicyclic) bond motifs is 3. The molecule has 0 fully saturated rings. The van der Waals surface area contributed by atoms with E-state index in [-0.39, 0.29) is 42.5 Å². The molecule has 218 valence electrons. The van der Waals surface area contributed by atoms with Crippen LogP contribution in [0.3, 0.4) is 0 Å². The topological polar surface area (TPSA) is 73.3 Å². The van der Waals surface area contributed by atoms with Gasteiger partial charge < -0.3 is 19.6 Å². The Labute approximate surface area is 244 Å². The fraction of sp³-hybridized carbons (Fsp3) is 0.412. The van der Waals surface area contributed by atoms with E-state index in [9.17, 15) is 14.7 Å². The van der Waals surface area contributed by atoms with Crippen LogP contribution in [0.5, 0.6) is 0 Å². The van der Waals surface area contributed by atoms with Gasteiger partial charge in [0.2, 0.25) is 5.91 Å². The molecule has 7 nitrogen and oxygen atoms in total. The molecule has 4 rings (SSSR count). The van der Waals surface area contributed by atoms with Crippen LogP contribution in [-0.4, -0.2) is 90.6 Å². The maximum absolute atomic E-state index is 14.0. The highest BCUT2D eigenvalue weighted by atomic mass is 16.5. The average molecular weight is 558 g/mol. The maximum atomic E-state index is 14.0. The Hall–Kier alpha value is -3.52. The quantitative estimate of drug-likeness (QED) is 0.446. The summed E-state index contributed by atoms with van der Waals surface area (Å²) >= 11 is 0. The molecule has 41 heavy (non-hydrogen) atoms. The molecular weight excluding hydrogens is 514 g/mol. The molecule has 0 unspecified atom stereocenters. The van der Waals surface area contributed by atoms with Crippen molar-refractivity contribution in [2.45, 2.75) is 45.1 Å². The molecule has 1 N–H and O–H groups in total. The van der Waals surface area contributed by atoms with E-state index in [1.54, 1.807) is 9.80 Å². The normalized spacial score (nSPS) is 19.1. The van der Waals surface area contributed by atoms with Gasteiger partial charge in [0.05, 0.1) is 31.4 Å². The first-order chi connectivity index (χ1) is 19.7. The number of aliphatic hydroxyl groups excluding tert-OH is 1. The Kier molecular flexibility index (Phi) is 10.3. The zero-order valence-electron chi connectivity index (χ0n) is 24.9. The van der Waals surface area contributed by atoms with E-state index in [1.807, 2.05) is 112 Å². The summed E-state index contributed by atoms with van der Waals surface area (Å²) in [6.45, 7) is 4.88. The van der Waals surface area contributed by atoms with Crippen molar-refractivity contribution in [2.24, 2.45) is 5.92 Å². The first-order valence-corrected chi connectivity index (χ1v) is 14.4. The number of rotatable bonds is 8. The minimum atomic E-state index is -0.377. The first kappa shape index (κ1) is 30.4. The van der Waals surface area contributed by atoms with E-state index in [0.717, 1.165) is 22.3 Å². The summed E-state index contributed by atoms with van der Waals surface area (Å²) in [7, 11) is 5.69. The number of ether oxygens (including phenoxy) is 1. The molecule has 2 amide bonds. The maximum Gasteiger partial charge on any atom is 0.254 e. The Morgan fingerprint density at radius 2 is 1.56 bits per heavy atom. The van der Waals surface area contributed by atoms with Crippen LogP contribution in [-0.2, 0) is 22.6 Å². The molecule has 4 atom stereocenters. The van der Waals surface area contributed by atoms with Crippen molar-refractivity contribution in [1.82, 2.24) is 14.7 Å². The van der Waals surface area contributed by atoms with Gasteiger partial charge in [0, 0.05) is 31.6 Å². The lowest BCUT2D eigenvalue weighted by Crippen LogP contribution is -2.50. The van der Waals surface area contributed by atoms with Gasteiger partial charge in [0.1, 0.15) is 0 Å². The zero-order chi connectivity index (χ0) is 29.5. The van der Waals surface area contributed by atoms with E-state index in [4.69, 9.17) is 4.74 Å².